The second-order valence-electron chi connectivity index (χ2n) is 7.16. The molecule has 0 unspecified atom stereocenters. The van der Waals surface area contributed by atoms with E-state index in [4.69, 9.17) is 16.7 Å². The van der Waals surface area contributed by atoms with Gasteiger partial charge in [0.25, 0.3) is 0 Å². The van der Waals surface area contributed by atoms with Crippen LogP contribution in [-0.2, 0) is 21.1 Å². The van der Waals surface area contributed by atoms with E-state index in [0.717, 1.165) is 16.7 Å². The summed E-state index contributed by atoms with van der Waals surface area (Å²) < 4.78 is 23.1. The number of hydrazine groups is 1. The minimum atomic E-state index is -3.23. The zero-order chi connectivity index (χ0) is 23.4. The van der Waals surface area contributed by atoms with Crippen molar-refractivity contribution in [3.63, 3.8) is 0 Å². The molecule has 170 valence electrons. The summed E-state index contributed by atoms with van der Waals surface area (Å²) in [5.74, 6) is 3.77. The molecule has 0 fully saturated rings. The van der Waals surface area contributed by atoms with Crippen molar-refractivity contribution < 1.29 is 18.3 Å². The first-order valence-corrected chi connectivity index (χ1v) is 11.9. The summed E-state index contributed by atoms with van der Waals surface area (Å²) in [5.41, 5.74) is 10.6. The Morgan fingerprint density at radius 1 is 1.03 bits per heavy atom. The minimum absolute atomic E-state index is 0.125. The van der Waals surface area contributed by atoms with Gasteiger partial charge in [-0.3, -0.25) is 4.79 Å². The number of rotatable bonds is 9. The summed E-state index contributed by atoms with van der Waals surface area (Å²) in [6.07, 6.45) is 4.04. The van der Waals surface area contributed by atoms with Crippen LogP contribution in [0, 0.1) is 5.92 Å². The van der Waals surface area contributed by atoms with Crippen LogP contribution in [0.2, 0.25) is 0 Å². The van der Waals surface area contributed by atoms with Gasteiger partial charge in [-0.05, 0) is 35.2 Å². The SMILES string of the molecule is CCCC.CS(=O)(=O)c1ccc(-c2ccc(C[C@H](CC(=O)O)/C(N)=N/NN)cc2)cc1. The van der Waals surface area contributed by atoms with Crippen LogP contribution in [0.15, 0.2) is 58.5 Å². The lowest BCUT2D eigenvalue weighted by molar-refractivity contribution is -0.137. The van der Waals surface area contributed by atoms with Gasteiger partial charge in [-0.1, -0.05) is 63.1 Å². The van der Waals surface area contributed by atoms with E-state index < -0.39 is 21.7 Å². The molecule has 1 atom stereocenters. The Labute approximate surface area is 184 Å². The molecule has 0 amide bonds. The van der Waals surface area contributed by atoms with Gasteiger partial charge in [-0.2, -0.15) is 5.10 Å². The van der Waals surface area contributed by atoms with E-state index in [1.54, 1.807) is 24.3 Å². The van der Waals surface area contributed by atoms with Gasteiger partial charge in [-0.15, -0.1) is 0 Å². The first kappa shape index (κ1) is 26.1. The third kappa shape index (κ3) is 9.18. The molecule has 9 heteroatoms. The van der Waals surface area contributed by atoms with Crippen molar-refractivity contribution in [1.82, 2.24) is 5.53 Å². The summed E-state index contributed by atoms with van der Waals surface area (Å²) in [6, 6.07) is 14.1. The van der Waals surface area contributed by atoms with Crippen LogP contribution in [0.5, 0.6) is 0 Å². The fraction of sp³-hybridized carbons (Fsp3) is 0.364. The van der Waals surface area contributed by atoms with Crippen molar-refractivity contribution in [3.8, 4) is 11.1 Å². The maximum absolute atomic E-state index is 11.5. The summed E-state index contributed by atoms with van der Waals surface area (Å²) in [7, 11) is -3.23. The number of unbranched alkanes of at least 4 members (excludes halogenated alkanes) is 1. The standard InChI is InChI=1S/C18H22N4O4S.C4H10/c1-27(25,26)16-8-6-14(7-9-16)13-4-2-12(3-5-13)10-15(11-17(23)24)18(19)21-22-20;1-3-4-2/h2-9,15,22H,10-11,20H2,1H3,(H2,19,21)(H,23,24);3-4H2,1-2H3/t15-;/m1./s1. The molecule has 0 aliphatic carbocycles. The van der Waals surface area contributed by atoms with Gasteiger partial charge in [0.15, 0.2) is 9.84 Å². The van der Waals surface area contributed by atoms with Crippen LogP contribution in [0.4, 0.5) is 0 Å². The summed E-state index contributed by atoms with van der Waals surface area (Å²) in [5, 5.41) is 12.7. The van der Waals surface area contributed by atoms with E-state index in [1.165, 1.54) is 19.1 Å². The van der Waals surface area contributed by atoms with Crippen molar-refractivity contribution in [1.29, 1.82) is 0 Å². The van der Waals surface area contributed by atoms with Gasteiger partial charge in [0.2, 0.25) is 0 Å². The maximum Gasteiger partial charge on any atom is 0.304 e. The predicted molar refractivity (Wildman–Crippen MR) is 124 cm³/mol. The Morgan fingerprint density at radius 3 is 1.90 bits per heavy atom. The van der Waals surface area contributed by atoms with E-state index in [0.29, 0.717) is 6.42 Å². The second kappa shape index (κ2) is 12.7. The molecule has 2 rings (SSSR count). The van der Waals surface area contributed by atoms with Crippen molar-refractivity contribution in [2.45, 2.75) is 44.4 Å². The highest BCUT2D eigenvalue weighted by Crippen LogP contribution is 2.23. The number of nitrogens with two attached hydrogens (primary N) is 2. The van der Waals surface area contributed by atoms with Crippen LogP contribution in [0.25, 0.3) is 11.1 Å². The molecule has 6 N–H and O–H groups in total. The number of nitrogens with one attached hydrogen (secondary N) is 1. The van der Waals surface area contributed by atoms with Crippen LogP contribution in [0.1, 0.15) is 38.7 Å². The Hall–Kier alpha value is -2.91. The van der Waals surface area contributed by atoms with Crippen LogP contribution in [0.3, 0.4) is 0 Å². The quantitative estimate of drug-likeness (QED) is 0.199. The number of carboxylic acid groups (broad SMARTS) is 1. The molecule has 0 bridgehead atoms. The number of benzene rings is 2. The van der Waals surface area contributed by atoms with Crippen molar-refractivity contribution in [2.24, 2.45) is 22.6 Å². The van der Waals surface area contributed by atoms with E-state index in [9.17, 15) is 13.2 Å². The molecule has 0 saturated carbocycles. The highest BCUT2D eigenvalue weighted by Gasteiger charge is 2.18. The Kier molecular flexibility index (Phi) is 10.7. The van der Waals surface area contributed by atoms with Crippen molar-refractivity contribution >= 4 is 21.6 Å². The van der Waals surface area contributed by atoms with Gasteiger partial charge in [-0.25, -0.2) is 19.8 Å². The Bertz CT molecular complexity index is 954. The first-order chi connectivity index (χ1) is 14.6. The zero-order valence-electron chi connectivity index (χ0n) is 18.2. The molecule has 2 aromatic rings. The third-order valence-corrected chi connectivity index (χ3v) is 5.71. The smallest absolute Gasteiger partial charge is 0.304 e. The molecule has 0 aliphatic heterocycles. The van der Waals surface area contributed by atoms with Crippen molar-refractivity contribution in [3.05, 3.63) is 54.1 Å². The normalized spacial score (nSPS) is 12.5. The molecular weight excluding hydrogens is 416 g/mol. The Morgan fingerprint density at radius 2 is 1.52 bits per heavy atom. The van der Waals surface area contributed by atoms with Crippen molar-refractivity contribution in [2.75, 3.05) is 6.26 Å². The van der Waals surface area contributed by atoms with E-state index >= 15 is 0 Å². The average Bonchev–Trinajstić information content (AvgIpc) is 2.73. The molecule has 0 aliphatic rings. The average molecular weight is 449 g/mol. The third-order valence-electron chi connectivity index (χ3n) is 4.58. The zero-order valence-corrected chi connectivity index (χ0v) is 19.0. The molecule has 0 aromatic heterocycles. The second-order valence-corrected chi connectivity index (χ2v) is 9.17. The van der Waals surface area contributed by atoms with E-state index in [-0.39, 0.29) is 17.2 Å². The van der Waals surface area contributed by atoms with E-state index in [1.807, 2.05) is 24.3 Å². The first-order valence-electron chi connectivity index (χ1n) is 10.0. The molecular formula is C22H32N4O4S. The molecule has 8 nitrogen and oxygen atoms in total. The topological polar surface area (TPSA) is 148 Å². The van der Waals surface area contributed by atoms with Gasteiger partial charge in [0.05, 0.1) is 11.3 Å². The highest BCUT2D eigenvalue weighted by atomic mass is 32.2. The number of carboxylic acids is 1. The number of hydrogen-bond acceptors (Lipinski definition) is 6. The lowest BCUT2D eigenvalue weighted by Gasteiger charge is -2.14. The van der Waals surface area contributed by atoms with Gasteiger partial charge >= 0.3 is 5.97 Å². The van der Waals surface area contributed by atoms with Gasteiger partial charge in [0.1, 0.15) is 5.84 Å². The largest absolute Gasteiger partial charge is 0.481 e. The summed E-state index contributed by atoms with van der Waals surface area (Å²) >= 11 is 0. The van der Waals surface area contributed by atoms with Gasteiger partial charge < -0.3 is 10.8 Å². The number of carbonyl (C=O) groups is 1. The molecule has 2 aromatic carbocycles. The fourth-order valence-electron chi connectivity index (χ4n) is 2.67. The highest BCUT2D eigenvalue weighted by molar-refractivity contribution is 7.90. The lowest BCUT2D eigenvalue weighted by atomic mass is 9.94. The predicted octanol–water partition coefficient (Wildman–Crippen LogP) is 2.93. The number of nitrogens with zero attached hydrogens (tertiary/aromatic N) is 1. The van der Waals surface area contributed by atoms with E-state index in [2.05, 4.69) is 24.5 Å². The maximum atomic E-state index is 11.5. The van der Waals surface area contributed by atoms with Crippen LogP contribution >= 0.6 is 0 Å². The number of hydrazone groups is 1. The van der Waals surface area contributed by atoms with Crippen LogP contribution in [-0.4, -0.2) is 31.6 Å². The molecule has 0 radical (unpaired) electrons. The molecule has 0 heterocycles. The minimum Gasteiger partial charge on any atom is -0.481 e. The lowest BCUT2D eigenvalue weighted by Crippen LogP contribution is -2.31. The summed E-state index contributed by atoms with van der Waals surface area (Å²) in [4.78, 5) is 11.3. The summed E-state index contributed by atoms with van der Waals surface area (Å²) in [6.45, 7) is 4.36. The van der Waals surface area contributed by atoms with Gasteiger partial charge in [0, 0.05) is 12.2 Å². The Balaban J connectivity index is 0.00000110. The number of hydrogen-bond donors (Lipinski definition) is 4. The number of aliphatic carboxylic acids is 1. The molecule has 0 saturated heterocycles. The fourth-order valence-corrected chi connectivity index (χ4v) is 3.30. The molecule has 0 spiro atoms. The molecule has 31 heavy (non-hydrogen) atoms. The van der Waals surface area contributed by atoms with Crippen LogP contribution < -0.4 is 17.1 Å². The monoisotopic (exact) mass is 448 g/mol. The number of sulfone groups is 1. The number of amidine groups is 1.